The number of nitrogens with zero attached hydrogens (tertiary/aromatic N) is 5. The summed E-state index contributed by atoms with van der Waals surface area (Å²) in [5.74, 6) is 1.07. The number of benzene rings is 2. The minimum atomic E-state index is 0.418. The Morgan fingerprint density at radius 3 is 2.38 bits per heavy atom. The van der Waals surface area contributed by atoms with Crippen LogP contribution in [0.25, 0.3) is 22.6 Å². The minimum Gasteiger partial charge on any atom is -0.471 e. The normalized spacial score (nSPS) is 11.0. The third-order valence-corrected chi connectivity index (χ3v) is 4.02. The van der Waals surface area contributed by atoms with Crippen LogP contribution in [0.15, 0.2) is 60.7 Å². The minimum absolute atomic E-state index is 0.418. The van der Waals surface area contributed by atoms with Crippen molar-refractivity contribution in [1.82, 2.24) is 25.0 Å². The van der Waals surface area contributed by atoms with Crippen molar-refractivity contribution in [2.24, 2.45) is 0 Å². The zero-order chi connectivity index (χ0) is 17.8. The molecule has 0 N–H and O–H groups in total. The Morgan fingerprint density at radius 2 is 1.65 bits per heavy atom. The molecule has 2 aromatic carbocycles. The van der Waals surface area contributed by atoms with Crippen LogP contribution >= 0.6 is 0 Å². The highest BCUT2D eigenvalue weighted by Gasteiger charge is 2.16. The van der Waals surface area contributed by atoms with Gasteiger partial charge in [0.1, 0.15) is 6.61 Å². The molecule has 0 atom stereocenters. The van der Waals surface area contributed by atoms with Gasteiger partial charge in [-0.3, -0.25) is 0 Å². The van der Waals surface area contributed by atoms with Crippen molar-refractivity contribution in [3.05, 3.63) is 66.2 Å². The van der Waals surface area contributed by atoms with Crippen molar-refractivity contribution in [3.8, 4) is 17.3 Å². The van der Waals surface area contributed by atoms with Crippen LogP contribution in [0, 0.1) is 0 Å². The molecule has 0 unspecified atom stereocenters. The highest BCUT2D eigenvalue weighted by molar-refractivity contribution is 5.78. The second-order valence-electron chi connectivity index (χ2n) is 5.98. The first-order valence-corrected chi connectivity index (χ1v) is 8.68. The third kappa shape index (κ3) is 3.26. The van der Waals surface area contributed by atoms with Gasteiger partial charge in [-0.1, -0.05) is 72.8 Å². The predicted octanol–water partition coefficient (Wildman–Crippen LogP) is 3.88. The van der Waals surface area contributed by atoms with Gasteiger partial charge in [0.2, 0.25) is 5.88 Å². The van der Waals surface area contributed by atoms with E-state index in [0.29, 0.717) is 29.5 Å². The van der Waals surface area contributed by atoms with E-state index in [-0.39, 0.29) is 0 Å². The number of hydrogen-bond acceptors (Lipinski definition) is 5. The standard InChI is InChI=1S/C20H19N5O/c1-2-13-25-19-17(23-24-25)20(26-14-15-9-5-3-6-10-15)22-18(21-19)16-11-7-4-8-12-16/h3-12H,2,13-14H2,1H3. The summed E-state index contributed by atoms with van der Waals surface area (Å²) in [7, 11) is 0. The van der Waals surface area contributed by atoms with Crippen LogP contribution in [-0.2, 0) is 13.2 Å². The average molecular weight is 345 g/mol. The summed E-state index contributed by atoms with van der Waals surface area (Å²) in [6, 6.07) is 19.9. The molecule has 0 saturated carbocycles. The van der Waals surface area contributed by atoms with E-state index < -0.39 is 0 Å². The van der Waals surface area contributed by atoms with Crippen LogP contribution in [0.1, 0.15) is 18.9 Å². The summed E-state index contributed by atoms with van der Waals surface area (Å²) < 4.78 is 7.80. The zero-order valence-electron chi connectivity index (χ0n) is 14.5. The van der Waals surface area contributed by atoms with Crippen LogP contribution < -0.4 is 4.74 Å². The van der Waals surface area contributed by atoms with Gasteiger partial charge in [-0.15, -0.1) is 5.10 Å². The number of aromatic nitrogens is 5. The van der Waals surface area contributed by atoms with E-state index >= 15 is 0 Å². The first-order chi connectivity index (χ1) is 12.8. The zero-order valence-corrected chi connectivity index (χ0v) is 14.5. The lowest BCUT2D eigenvalue weighted by Gasteiger charge is -2.08. The van der Waals surface area contributed by atoms with Gasteiger partial charge < -0.3 is 4.74 Å². The Morgan fingerprint density at radius 1 is 0.923 bits per heavy atom. The van der Waals surface area contributed by atoms with Gasteiger partial charge in [-0.2, -0.15) is 4.98 Å². The molecule has 0 fully saturated rings. The molecular weight excluding hydrogens is 326 g/mol. The van der Waals surface area contributed by atoms with Gasteiger partial charge >= 0.3 is 0 Å². The van der Waals surface area contributed by atoms with Crippen molar-refractivity contribution >= 4 is 11.2 Å². The van der Waals surface area contributed by atoms with E-state index in [4.69, 9.17) is 4.74 Å². The molecule has 0 aliphatic carbocycles. The molecule has 2 heterocycles. The van der Waals surface area contributed by atoms with Gasteiger partial charge in [0.25, 0.3) is 0 Å². The molecule has 0 saturated heterocycles. The molecule has 0 aliphatic heterocycles. The lowest BCUT2D eigenvalue weighted by Crippen LogP contribution is -2.03. The molecule has 0 aliphatic rings. The van der Waals surface area contributed by atoms with Crippen molar-refractivity contribution < 1.29 is 4.74 Å². The van der Waals surface area contributed by atoms with E-state index in [1.807, 2.05) is 60.7 Å². The van der Waals surface area contributed by atoms with E-state index in [9.17, 15) is 0 Å². The van der Waals surface area contributed by atoms with Gasteiger partial charge in [0.05, 0.1) is 0 Å². The fourth-order valence-corrected chi connectivity index (χ4v) is 2.74. The molecule has 6 nitrogen and oxygen atoms in total. The van der Waals surface area contributed by atoms with E-state index in [0.717, 1.165) is 24.1 Å². The van der Waals surface area contributed by atoms with Gasteiger partial charge in [0, 0.05) is 12.1 Å². The maximum atomic E-state index is 5.99. The van der Waals surface area contributed by atoms with Crippen LogP contribution in [0.2, 0.25) is 0 Å². The molecule has 2 aromatic heterocycles. The Labute approximate surface area is 151 Å². The second kappa shape index (κ2) is 7.31. The molecule has 0 bridgehead atoms. The Kier molecular flexibility index (Phi) is 4.55. The Balaban J connectivity index is 1.76. The second-order valence-corrected chi connectivity index (χ2v) is 5.98. The summed E-state index contributed by atoms with van der Waals surface area (Å²) in [5.41, 5.74) is 3.29. The fourth-order valence-electron chi connectivity index (χ4n) is 2.74. The van der Waals surface area contributed by atoms with Gasteiger partial charge in [0.15, 0.2) is 17.0 Å². The third-order valence-electron chi connectivity index (χ3n) is 4.02. The topological polar surface area (TPSA) is 65.7 Å². The fraction of sp³-hybridized carbons (Fsp3) is 0.200. The monoisotopic (exact) mass is 345 g/mol. The molecule has 0 amide bonds. The number of hydrogen-bond donors (Lipinski definition) is 0. The first kappa shape index (κ1) is 16.2. The lowest BCUT2D eigenvalue weighted by molar-refractivity contribution is 0.297. The maximum Gasteiger partial charge on any atom is 0.248 e. The summed E-state index contributed by atoms with van der Waals surface area (Å²) in [6.07, 6.45) is 0.948. The Bertz CT molecular complexity index is 999. The molecule has 130 valence electrons. The highest BCUT2D eigenvalue weighted by Crippen LogP contribution is 2.25. The number of fused-ring (bicyclic) bond motifs is 1. The maximum absolute atomic E-state index is 5.99. The van der Waals surface area contributed by atoms with Crippen LogP contribution in [0.5, 0.6) is 5.88 Å². The average Bonchev–Trinajstić information content (AvgIpc) is 3.11. The lowest BCUT2D eigenvalue weighted by atomic mass is 10.2. The largest absolute Gasteiger partial charge is 0.471 e. The summed E-state index contributed by atoms with van der Waals surface area (Å²) in [6.45, 7) is 3.27. The molecular formula is C20H19N5O. The van der Waals surface area contributed by atoms with Crippen LogP contribution in [0.4, 0.5) is 0 Å². The molecule has 0 spiro atoms. The first-order valence-electron chi connectivity index (χ1n) is 8.68. The predicted molar refractivity (Wildman–Crippen MR) is 99.6 cm³/mol. The molecule has 4 aromatic rings. The number of rotatable bonds is 6. The SMILES string of the molecule is CCCn1nnc2c(OCc3ccccc3)nc(-c3ccccc3)nc21. The molecule has 4 rings (SSSR count). The summed E-state index contributed by atoms with van der Waals surface area (Å²) in [5, 5.41) is 8.47. The van der Waals surface area contributed by atoms with E-state index in [1.54, 1.807) is 4.68 Å². The van der Waals surface area contributed by atoms with E-state index in [2.05, 4.69) is 27.2 Å². The number of ether oxygens (including phenoxy) is 1. The summed E-state index contributed by atoms with van der Waals surface area (Å²) >= 11 is 0. The van der Waals surface area contributed by atoms with Crippen LogP contribution in [-0.4, -0.2) is 25.0 Å². The smallest absolute Gasteiger partial charge is 0.248 e. The number of aryl methyl sites for hydroxylation is 1. The van der Waals surface area contributed by atoms with Crippen molar-refractivity contribution in [1.29, 1.82) is 0 Å². The van der Waals surface area contributed by atoms with Crippen molar-refractivity contribution in [2.45, 2.75) is 26.5 Å². The molecule has 26 heavy (non-hydrogen) atoms. The quantitative estimate of drug-likeness (QED) is 0.530. The van der Waals surface area contributed by atoms with Crippen molar-refractivity contribution in [2.75, 3.05) is 0 Å². The van der Waals surface area contributed by atoms with Crippen LogP contribution in [0.3, 0.4) is 0 Å². The van der Waals surface area contributed by atoms with E-state index in [1.165, 1.54) is 0 Å². The highest BCUT2D eigenvalue weighted by atomic mass is 16.5. The molecule has 6 heteroatoms. The Hall–Kier alpha value is -3.28. The molecule has 0 radical (unpaired) electrons. The summed E-state index contributed by atoms with van der Waals surface area (Å²) in [4.78, 5) is 9.30. The van der Waals surface area contributed by atoms with Gasteiger partial charge in [-0.05, 0) is 12.0 Å². The van der Waals surface area contributed by atoms with Gasteiger partial charge in [-0.25, -0.2) is 9.67 Å². The van der Waals surface area contributed by atoms with Crippen molar-refractivity contribution in [3.63, 3.8) is 0 Å².